The Bertz CT molecular complexity index is 442. The number of hydrogen-bond donors (Lipinski definition) is 0. The molecule has 2 aromatic rings. The summed E-state index contributed by atoms with van der Waals surface area (Å²) in [6, 6.07) is 14.9. The molecule has 0 aliphatic heterocycles. The van der Waals surface area contributed by atoms with Gasteiger partial charge < -0.3 is 0 Å². The van der Waals surface area contributed by atoms with E-state index in [2.05, 4.69) is 4.98 Å². The number of benzene rings is 1. The van der Waals surface area contributed by atoms with Gasteiger partial charge in [-0.2, -0.15) is 0 Å². The molecule has 0 aliphatic carbocycles. The number of pyridine rings is 1. The van der Waals surface area contributed by atoms with Crippen molar-refractivity contribution in [1.82, 2.24) is 4.98 Å². The molecule has 0 atom stereocenters. The van der Waals surface area contributed by atoms with Gasteiger partial charge in [0, 0.05) is 17.5 Å². The van der Waals surface area contributed by atoms with Crippen LogP contribution in [0.15, 0.2) is 54.7 Å². The van der Waals surface area contributed by atoms with E-state index in [0.29, 0.717) is 6.42 Å². The van der Waals surface area contributed by atoms with Gasteiger partial charge in [0.2, 0.25) is 0 Å². The molecule has 16 heavy (non-hydrogen) atoms. The van der Waals surface area contributed by atoms with E-state index in [1.807, 2.05) is 48.5 Å². The van der Waals surface area contributed by atoms with Crippen LogP contribution in [0.5, 0.6) is 0 Å². The van der Waals surface area contributed by atoms with Gasteiger partial charge in [-0.15, -0.1) is 17.0 Å². The predicted octanol–water partition coefficient (Wildman–Crippen LogP) is 3.08. The molecule has 0 fully saturated rings. The third-order valence-electron chi connectivity index (χ3n) is 2.16. The molecule has 0 saturated heterocycles. The van der Waals surface area contributed by atoms with E-state index in [0.717, 1.165) is 11.3 Å². The fourth-order valence-electron chi connectivity index (χ4n) is 1.39. The maximum Gasteiger partial charge on any atom is 0.168 e. The van der Waals surface area contributed by atoms with Crippen LogP contribution >= 0.6 is 17.0 Å². The maximum absolute atomic E-state index is 11.8. The summed E-state index contributed by atoms with van der Waals surface area (Å²) in [7, 11) is 0. The third kappa shape index (κ3) is 3.28. The summed E-state index contributed by atoms with van der Waals surface area (Å²) in [6.45, 7) is 0. The Morgan fingerprint density at radius 3 is 2.31 bits per heavy atom. The smallest absolute Gasteiger partial charge is 0.168 e. The van der Waals surface area contributed by atoms with E-state index < -0.39 is 0 Å². The van der Waals surface area contributed by atoms with Crippen molar-refractivity contribution in [2.75, 3.05) is 0 Å². The summed E-state index contributed by atoms with van der Waals surface area (Å²) < 4.78 is 0. The summed E-state index contributed by atoms with van der Waals surface area (Å²) in [5, 5.41) is 0. The molecule has 0 spiro atoms. The summed E-state index contributed by atoms with van der Waals surface area (Å²) in [6.07, 6.45) is 2.07. The highest BCUT2D eigenvalue weighted by molar-refractivity contribution is 8.93. The third-order valence-corrected chi connectivity index (χ3v) is 2.16. The quantitative estimate of drug-likeness (QED) is 0.807. The van der Waals surface area contributed by atoms with Crippen molar-refractivity contribution in [3.05, 3.63) is 66.0 Å². The molecule has 2 rings (SSSR count). The van der Waals surface area contributed by atoms with E-state index in [1.54, 1.807) is 6.20 Å². The van der Waals surface area contributed by atoms with Gasteiger partial charge in [0.25, 0.3) is 0 Å². The SMILES string of the molecule is Br.O=C(Cc1ccccn1)c1ccccc1. The normalized spacial score (nSPS) is 9.25. The van der Waals surface area contributed by atoms with Crippen LogP contribution in [0, 0.1) is 0 Å². The van der Waals surface area contributed by atoms with Crippen LogP contribution in [0.25, 0.3) is 0 Å². The lowest BCUT2D eigenvalue weighted by atomic mass is 10.1. The number of carbonyl (C=O) groups is 1. The Morgan fingerprint density at radius 1 is 1.00 bits per heavy atom. The Morgan fingerprint density at radius 2 is 1.69 bits per heavy atom. The number of halogens is 1. The highest BCUT2D eigenvalue weighted by Gasteiger charge is 2.06. The van der Waals surface area contributed by atoms with Crippen LogP contribution in [-0.4, -0.2) is 10.8 Å². The molecule has 0 amide bonds. The fourth-order valence-corrected chi connectivity index (χ4v) is 1.39. The Hall–Kier alpha value is -1.48. The van der Waals surface area contributed by atoms with Crippen molar-refractivity contribution < 1.29 is 4.79 Å². The van der Waals surface area contributed by atoms with Gasteiger partial charge >= 0.3 is 0 Å². The summed E-state index contributed by atoms with van der Waals surface area (Å²) in [5.74, 6) is 0.106. The van der Waals surface area contributed by atoms with Crippen molar-refractivity contribution in [3.63, 3.8) is 0 Å². The van der Waals surface area contributed by atoms with Crippen LogP contribution in [0.1, 0.15) is 16.1 Å². The van der Waals surface area contributed by atoms with Gasteiger partial charge in [0.05, 0.1) is 6.42 Å². The zero-order chi connectivity index (χ0) is 10.5. The standard InChI is InChI=1S/C13H11NO.BrH/c15-13(11-6-2-1-3-7-11)10-12-8-4-5-9-14-12;/h1-9H,10H2;1H. The first-order valence-electron chi connectivity index (χ1n) is 4.84. The average molecular weight is 278 g/mol. The Balaban J connectivity index is 0.00000128. The number of aromatic nitrogens is 1. The molecule has 1 aromatic heterocycles. The van der Waals surface area contributed by atoms with Crippen molar-refractivity contribution in [2.45, 2.75) is 6.42 Å². The van der Waals surface area contributed by atoms with E-state index in [9.17, 15) is 4.79 Å². The molecule has 0 saturated carbocycles. The first-order chi connectivity index (χ1) is 7.36. The number of ketones is 1. The van der Waals surface area contributed by atoms with E-state index >= 15 is 0 Å². The minimum atomic E-state index is 0. The second-order valence-electron chi connectivity index (χ2n) is 3.29. The van der Waals surface area contributed by atoms with E-state index in [1.165, 1.54) is 0 Å². The second kappa shape index (κ2) is 6.18. The highest BCUT2D eigenvalue weighted by Crippen LogP contribution is 2.04. The minimum Gasteiger partial charge on any atom is -0.294 e. The van der Waals surface area contributed by atoms with Gasteiger partial charge in [-0.1, -0.05) is 36.4 Å². The monoisotopic (exact) mass is 277 g/mol. The topological polar surface area (TPSA) is 30.0 Å². The molecule has 0 unspecified atom stereocenters. The van der Waals surface area contributed by atoms with Gasteiger partial charge in [-0.05, 0) is 12.1 Å². The zero-order valence-electron chi connectivity index (χ0n) is 8.67. The molecule has 0 aliphatic rings. The van der Waals surface area contributed by atoms with Crippen molar-refractivity contribution >= 4 is 22.8 Å². The first kappa shape index (κ1) is 12.6. The molecule has 3 heteroatoms. The van der Waals surface area contributed by atoms with Crippen molar-refractivity contribution in [1.29, 1.82) is 0 Å². The lowest BCUT2D eigenvalue weighted by Crippen LogP contribution is -2.04. The largest absolute Gasteiger partial charge is 0.294 e. The molecule has 1 heterocycles. The van der Waals surface area contributed by atoms with Crippen LogP contribution in [0.4, 0.5) is 0 Å². The maximum atomic E-state index is 11.8. The molecule has 0 bridgehead atoms. The molecule has 1 aromatic carbocycles. The fraction of sp³-hybridized carbons (Fsp3) is 0.0769. The Kier molecular flexibility index (Phi) is 4.86. The molecule has 0 radical (unpaired) electrons. The summed E-state index contributed by atoms with van der Waals surface area (Å²) >= 11 is 0. The summed E-state index contributed by atoms with van der Waals surface area (Å²) in [4.78, 5) is 15.9. The van der Waals surface area contributed by atoms with Crippen LogP contribution in [0.3, 0.4) is 0 Å². The van der Waals surface area contributed by atoms with Crippen LogP contribution < -0.4 is 0 Å². The lowest BCUT2D eigenvalue weighted by Gasteiger charge is -1.99. The van der Waals surface area contributed by atoms with Crippen LogP contribution in [-0.2, 0) is 6.42 Å². The van der Waals surface area contributed by atoms with Crippen molar-refractivity contribution in [3.8, 4) is 0 Å². The average Bonchev–Trinajstić information content (AvgIpc) is 2.31. The minimum absolute atomic E-state index is 0. The van der Waals surface area contributed by atoms with Crippen molar-refractivity contribution in [2.24, 2.45) is 0 Å². The number of Topliss-reactive ketones (excluding diaryl/α,β-unsaturated/α-hetero) is 1. The molecule has 0 N–H and O–H groups in total. The highest BCUT2D eigenvalue weighted by atomic mass is 79.9. The number of carbonyl (C=O) groups excluding carboxylic acids is 1. The lowest BCUT2D eigenvalue weighted by molar-refractivity contribution is 0.0992. The van der Waals surface area contributed by atoms with Crippen LogP contribution in [0.2, 0.25) is 0 Å². The number of hydrogen-bond acceptors (Lipinski definition) is 2. The summed E-state index contributed by atoms with van der Waals surface area (Å²) in [5.41, 5.74) is 1.55. The number of rotatable bonds is 3. The molecule has 82 valence electrons. The van der Waals surface area contributed by atoms with E-state index in [4.69, 9.17) is 0 Å². The van der Waals surface area contributed by atoms with Gasteiger partial charge in [0.1, 0.15) is 0 Å². The molecular formula is C13H12BrNO. The Labute approximate surface area is 105 Å². The first-order valence-corrected chi connectivity index (χ1v) is 4.84. The van der Waals surface area contributed by atoms with Gasteiger partial charge in [-0.25, -0.2) is 0 Å². The second-order valence-corrected chi connectivity index (χ2v) is 3.29. The molecule has 2 nitrogen and oxygen atoms in total. The predicted molar refractivity (Wildman–Crippen MR) is 69.0 cm³/mol. The molecular weight excluding hydrogens is 266 g/mol. The van der Waals surface area contributed by atoms with Gasteiger partial charge in [-0.3, -0.25) is 9.78 Å². The number of nitrogens with zero attached hydrogens (tertiary/aromatic N) is 1. The zero-order valence-corrected chi connectivity index (χ0v) is 10.4. The van der Waals surface area contributed by atoms with E-state index in [-0.39, 0.29) is 22.8 Å². The van der Waals surface area contributed by atoms with Gasteiger partial charge in [0.15, 0.2) is 5.78 Å².